The first-order valence-corrected chi connectivity index (χ1v) is 7.64. The van der Waals surface area contributed by atoms with E-state index in [1.54, 1.807) is 24.5 Å². The van der Waals surface area contributed by atoms with E-state index in [4.69, 9.17) is 11.6 Å². The van der Waals surface area contributed by atoms with E-state index in [1.165, 1.54) is 12.3 Å². The van der Waals surface area contributed by atoms with Crippen LogP contribution >= 0.6 is 11.6 Å². The lowest BCUT2D eigenvalue weighted by atomic mass is 10.0. The second-order valence-corrected chi connectivity index (χ2v) is 5.72. The molecule has 0 atom stereocenters. The number of carbonyl (C=O) groups is 2. The predicted octanol–water partition coefficient (Wildman–Crippen LogP) is 4.00. The first kappa shape index (κ1) is 17.0. The minimum absolute atomic E-state index is 0.0148. The van der Waals surface area contributed by atoms with E-state index in [0.717, 1.165) is 12.1 Å². The summed E-state index contributed by atoms with van der Waals surface area (Å²) in [4.78, 5) is 31.2. The molecule has 0 aliphatic heterocycles. The number of Topliss-reactive ketones (excluding diaryl/α,β-unsaturated/α-hetero) is 1. The van der Waals surface area contributed by atoms with Crippen molar-refractivity contribution in [1.29, 1.82) is 0 Å². The zero-order chi connectivity index (χ0) is 18.0. The molecule has 3 aromatic rings. The molecule has 0 unspecified atom stereocenters. The van der Waals surface area contributed by atoms with Gasteiger partial charge in [-0.1, -0.05) is 17.7 Å². The van der Waals surface area contributed by atoms with E-state index in [2.05, 4.69) is 9.97 Å². The van der Waals surface area contributed by atoms with Gasteiger partial charge >= 0.3 is 0 Å². The summed E-state index contributed by atoms with van der Waals surface area (Å²) in [5, 5.41) is -0.201. The van der Waals surface area contributed by atoms with Crippen molar-refractivity contribution in [3.05, 3.63) is 88.0 Å². The molecule has 0 fully saturated rings. The summed E-state index contributed by atoms with van der Waals surface area (Å²) in [6.07, 6.45) is 4.52. The normalized spacial score (nSPS) is 10.7. The van der Waals surface area contributed by atoms with Crippen LogP contribution < -0.4 is 0 Å². The lowest BCUT2D eigenvalue weighted by Crippen LogP contribution is -2.07. The topological polar surface area (TPSA) is 62.8 Å². The molecule has 2 aromatic heterocycles. The van der Waals surface area contributed by atoms with Gasteiger partial charge in [-0.2, -0.15) is 0 Å². The van der Waals surface area contributed by atoms with Gasteiger partial charge in [-0.3, -0.25) is 14.6 Å². The Labute approximate surface area is 146 Å². The fourth-order valence-electron chi connectivity index (χ4n) is 2.35. The number of aromatic amines is 1. The van der Waals surface area contributed by atoms with Crippen LogP contribution in [-0.2, 0) is 6.42 Å². The number of aromatic nitrogens is 2. The maximum Gasteiger partial charge on any atom is 0.199 e. The standard InChI is InChI=1S/C18H11ClF2N2O2/c19-12-3-4-13(20)17(21)16(12)18(25)11-7-14(23-9-11)15(24)6-10-2-1-5-22-8-10/h1-5,7-9,23H,6H2. The van der Waals surface area contributed by atoms with Crippen molar-refractivity contribution in [2.45, 2.75) is 6.42 Å². The molecule has 25 heavy (non-hydrogen) atoms. The van der Waals surface area contributed by atoms with Gasteiger partial charge in [-0.15, -0.1) is 0 Å². The first-order valence-electron chi connectivity index (χ1n) is 7.26. The van der Waals surface area contributed by atoms with Crippen molar-refractivity contribution in [3.8, 4) is 0 Å². The molecule has 126 valence electrons. The maximum absolute atomic E-state index is 13.9. The molecule has 0 radical (unpaired) electrons. The summed E-state index contributed by atoms with van der Waals surface area (Å²) in [5.74, 6) is -3.56. The highest BCUT2D eigenvalue weighted by Gasteiger charge is 2.22. The minimum atomic E-state index is -1.32. The Morgan fingerprint density at radius 1 is 1.20 bits per heavy atom. The van der Waals surface area contributed by atoms with Gasteiger partial charge in [-0.25, -0.2) is 8.78 Å². The minimum Gasteiger partial charge on any atom is -0.358 e. The van der Waals surface area contributed by atoms with E-state index in [-0.39, 0.29) is 28.5 Å². The van der Waals surface area contributed by atoms with Crippen LogP contribution in [0, 0.1) is 11.6 Å². The van der Waals surface area contributed by atoms with E-state index in [9.17, 15) is 18.4 Å². The zero-order valence-corrected chi connectivity index (χ0v) is 13.5. The number of H-pyrrole nitrogens is 1. The Balaban J connectivity index is 1.85. The second kappa shape index (κ2) is 6.94. The molecule has 7 heteroatoms. The highest BCUT2D eigenvalue weighted by atomic mass is 35.5. The Bertz CT molecular complexity index is 955. The SMILES string of the molecule is O=C(Cc1cccnc1)c1cc(C(=O)c2c(Cl)ccc(F)c2F)c[nH]1. The fraction of sp³-hybridized carbons (Fsp3) is 0.0556. The average molecular weight is 361 g/mol. The molecule has 2 heterocycles. The number of benzene rings is 1. The molecule has 0 saturated carbocycles. The van der Waals surface area contributed by atoms with Crippen LogP contribution in [0.2, 0.25) is 5.02 Å². The van der Waals surface area contributed by atoms with E-state index in [0.29, 0.717) is 5.56 Å². The van der Waals surface area contributed by atoms with Gasteiger partial charge in [0.2, 0.25) is 0 Å². The number of nitrogens with one attached hydrogen (secondary N) is 1. The van der Waals surface area contributed by atoms with Crippen LogP contribution in [0.5, 0.6) is 0 Å². The van der Waals surface area contributed by atoms with Crippen molar-refractivity contribution in [2.75, 3.05) is 0 Å². The Kier molecular flexibility index (Phi) is 4.72. The average Bonchev–Trinajstić information content (AvgIpc) is 3.09. The monoisotopic (exact) mass is 360 g/mol. The number of halogens is 3. The second-order valence-electron chi connectivity index (χ2n) is 5.31. The van der Waals surface area contributed by atoms with Crippen molar-refractivity contribution in [3.63, 3.8) is 0 Å². The Morgan fingerprint density at radius 3 is 2.72 bits per heavy atom. The molecule has 0 aliphatic carbocycles. The highest BCUT2D eigenvalue weighted by Crippen LogP contribution is 2.25. The maximum atomic E-state index is 13.9. The Hall–Kier alpha value is -2.86. The molecule has 4 nitrogen and oxygen atoms in total. The van der Waals surface area contributed by atoms with Gasteiger partial charge in [0.05, 0.1) is 16.3 Å². The molecule has 0 bridgehead atoms. The molecule has 0 saturated heterocycles. The smallest absolute Gasteiger partial charge is 0.199 e. The molecule has 0 spiro atoms. The van der Waals surface area contributed by atoms with Crippen LogP contribution in [0.25, 0.3) is 0 Å². The van der Waals surface area contributed by atoms with Gasteiger partial charge in [0, 0.05) is 30.6 Å². The van der Waals surface area contributed by atoms with Gasteiger partial charge in [0.15, 0.2) is 23.2 Å². The van der Waals surface area contributed by atoms with E-state index in [1.807, 2.05) is 0 Å². The van der Waals surface area contributed by atoms with Crippen molar-refractivity contribution in [1.82, 2.24) is 9.97 Å². The third-order valence-electron chi connectivity index (χ3n) is 3.60. The molecule has 0 amide bonds. The van der Waals surface area contributed by atoms with Crippen LogP contribution in [-0.4, -0.2) is 21.5 Å². The number of rotatable bonds is 5. The molecule has 0 aliphatic rings. The van der Waals surface area contributed by atoms with Gasteiger partial charge in [0.25, 0.3) is 0 Å². The summed E-state index contributed by atoms with van der Waals surface area (Å²) in [6.45, 7) is 0. The summed E-state index contributed by atoms with van der Waals surface area (Å²) >= 11 is 5.81. The number of hydrogen-bond donors (Lipinski definition) is 1. The van der Waals surface area contributed by atoms with E-state index < -0.39 is 23.0 Å². The van der Waals surface area contributed by atoms with Gasteiger partial charge in [0.1, 0.15) is 0 Å². The van der Waals surface area contributed by atoms with Gasteiger partial charge < -0.3 is 4.98 Å². The molecular weight excluding hydrogens is 350 g/mol. The molecule has 1 aromatic carbocycles. The first-order chi connectivity index (χ1) is 12.0. The number of nitrogens with zero attached hydrogens (tertiary/aromatic N) is 1. The lowest BCUT2D eigenvalue weighted by Gasteiger charge is -2.04. The quantitative estimate of drug-likeness (QED) is 0.552. The molecule has 1 N–H and O–H groups in total. The summed E-state index contributed by atoms with van der Waals surface area (Å²) in [5.41, 5.74) is 0.349. The number of hydrogen-bond acceptors (Lipinski definition) is 3. The summed E-state index contributed by atoms with van der Waals surface area (Å²) < 4.78 is 27.2. The van der Waals surface area contributed by atoms with Crippen LogP contribution in [0.4, 0.5) is 8.78 Å². The van der Waals surface area contributed by atoms with Crippen molar-refractivity contribution >= 4 is 23.2 Å². The van der Waals surface area contributed by atoms with Gasteiger partial charge in [-0.05, 0) is 29.8 Å². The summed E-state index contributed by atoms with van der Waals surface area (Å²) in [6, 6.07) is 6.70. The Morgan fingerprint density at radius 2 is 2.00 bits per heavy atom. The molecule has 3 rings (SSSR count). The van der Waals surface area contributed by atoms with Crippen molar-refractivity contribution in [2.24, 2.45) is 0 Å². The number of carbonyl (C=O) groups excluding carboxylic acids is 2. The fourth-order valence-corrected chi connectivity index (χ4v) is 2.58. The largest absolute Gasteiger partial charge is 0.358 e. The third-order valence-corrected chi connectivity index (χ3v) is 3.92. The molecular formula is C18H11ClF2N2O2. The zero-order valence-electron chi connectivity index (χ0n) is 12.7. The van der Waals surface area contributed by atoms with Crippen LogP contribution in [0.3, 0.4) is 0 Å². The third kappa shape index (κ3) is 3.49. The summed E-state index contributed by atoms with van der Waals surface area (Å²) in [7, 11) is 0. The number of pyridine rings is 1. The van der Waals surface area contributed by atoms with Crippen LogP contribution in [0.15, 0.2) is 48.9 Å². The van der Waals surface area contributed by atoms with Crippen LogP contribution in [0.1, 0.15) is 32.0 Å². The predicted molar refractivity (Wildman–Crippen MR) is 87.9 cm³/mol. The number of ketones is 2. The van der Waals surface area contributed by atoms with Crippen molar-refractivity contribution < 1.29 is 18.4 Å². The lowest BCUT2D eigenvalue weighted by molar-refractivity contribution is 0.0988. The highest BCUT2D eigenvalue weighted by molar-refractivity contribution is 6.35. The van der Waals surface area contributed by atoms with E-state index >= 15 is 0 Å².